The van der Waals surface area contributed by atoms with E-state index in [0.29, 0.717) is 12.2 Å². The predicted molar refractivity (Wildman–Crippen MR) is 121 cm³/mol. The van der Waals surface area contributed by atoms with Crippen LogP contribution in [0, 0.1) is 0 Å². The van der Waals surface area contributed by atoms with Crippen molar-refractivity contribution >= 4 is 5.91 Å². The highest BCUT2D eigenvalue weighted by Crippen LogP contribution is 2.16. The number of nitrogens with zero attached hydrogens (tertiary/aromatic N) is 1. The Labute approximate surface area is 181 Å². The Morgan fingerprint density at radius 1 is 0.968 bits per heavy atom. The lowest BCUT2D eigenvalue weighted by Crippen LogP contribution is -2.35. The minimum atomic E-state index is -0.402. The van der Waals surface area contributed by atoms with Gasteiger partial charge in [0.15, 0.2) is 0 Å². The van der Waals surface area contributed by atoms with Gasteiger partial charge in [0.25, 0.3) is 11.5 Å². The molecule has 1 fully saturated rings. The number of carbonyl (C=O) groups is 1. The molecule has 6 heteroatoms. The molecule has 0 spiro atoms. The van der Waals surface area contributed by atoms with Crippen LogP contribution < -0.4 is 10.9 Å². The number of aromatic amines is 1. The van der Waals surface area contributed by atoms with Gasteiger partial charge in [0.1, 0.15) is 5.56 Å². The number of aliphatic hydroxyl groups excluding tert-OH is 1. The standard InChI is InChI=1S/C25H27N3O3/c29-21-12-14-28(15-13-21)17-19-8-6-18(7-9-19)16-26-24(30)22-10-11-23(27-25(22)31)20-4-2-1-3-5-20/h1-11,21,29H,12-17H2,(H,26,30)(H,27,31). The lowest BCUT2D eigenvalue weighted by Gasteiger charge is -2.29. The lowest BCUT2D eigenvalue weighted by molar-refractivity contribution is 0.0792. The fourth-order valence-electron chi connectivity index (χ4n) is 3.81. The second-order valence-electron chi connectivity index (χ2n) is 7.99. The summed E-state index contributed by atoms with van der Waals surface area (Å²) in [7, 11) is 0. The Bertz CT molecular complexity index is 1070. The van der Waals surface area contributed by atoms with Gasteiger partial charge >= 0.3 is 0 Å². The Kier molecular flexibility index (Phi) is 6.60. The van der Waals surface area contributed by atoms with Crippen LogP contribution in [-0.4, -0.2) is 40.1 Å². The van der Waals surface area contributed by atoms with Crippen molar-refractivity contribution in [2.75, 3.05) is 13.1 Å². The van der Waals surface area contributed by atoms with Crippen LogP contribution in [-0.2, 0) is 13.1 Å². The van der Waals surface area contributed by atoms with Crippen molar-refractivity contribution in [3.63, 3.8) is 0 Å². The molecule has 1 amide bonds. The molecule has 0 saturated carbocycles. The van der Waals surface area contributed by atoms with Crippen molar-refractivity contribution in [2.45, 2.75) is 32.0 Å². The molecule has 3 N–H and O–H groups in total. The average molecular weight is 418 g/mol. The molecule has 0 bridgehead atoms. The molecule has 6 nitrogen and oxygen atoms in total. The summed E-state index contributed by atoms with van der Waals surface area (Å²) < 4.78 is 0. The minimum absolute atomic E-state index is 0.101. The second-order valence-corrected chi connectivity index (χ2v) is 7.99. The number of piperidine rings is 1. The SMILES string of the molecule is O=C(NCc1ccc(CN2CCC(O)CC2)cc1)c1ccc(-c2ccccc2)[nH]c1=O. The third-order valence-electron chi connectivity index (χ3n) is 5.68. The Balaban J connectivity index is 1.33. The van der Waals surface area contributed by atoms with E-state index in [2.05, 4.69) is 27.3 Å². The highest BCUT2D eigenvalue weighted by molar-refractivity contribution is 5.94. The first-order valence-corrected chi connectivity index (χ1v) is 10.6. The fraction of sp³-hybridized carbons (Fsp3) is 0.280. The van der Waals surface area contributed by atoms with Gasteiger partial charge in [-0.15, -0.1) is 0 Å². The zero-order chi connectivity index (χ0) is 21.6. The van der Waals surface area contributed by atoms with Crippen LogP contribution >= 0.6 is 0 Å². The molecule has 0 unspecified atom stereocenters. The van der Waals surface area contributed by atoms with Crippen LogP contribution in [0.2, 0.25) is 0 Å². The number of carbonyl (C=O) groups excluding carboxylic acids is 1. The van der Waals surface area contributed by atoms with E-state index in [-0.39, 0.29) is 11.7 Å². The van der Waals surface area contributed by atoms with Crippen molar-refractivity contribution in [3.8, 4) is 11.3 Å². The summed E-state index contributed by atoms with van der Waals surface area (Å²) in [6.45, 7) is 3.05. The first-order chi connectivity index (χ1) is 15.1. The number of H-pyrrole nitrogens is 1. The first kappa shape index (κ1) is 21.0. The molecule has 0 aliphatic carbocycles. The van der Waals surface area contributed by atoms with Crippen molar-refractivity contribution in [1.82, 2.24) is 15.2 Å². The van der Waals surface area contributed by atoms with E-state index in [1.54, 1.807) is 12.1 Å². The molecule has 0 radical (unpaired) electrons. The van der Waals surface area contributed by atoms with Crippen LogP contribution in [0.25, 0.3) is 11.3 Å². The fourth-order valence-corrected chi connectivity index (χ4v) is 3.81. The smallest absolute Gasteiger partial charge is 0.261 e. The first-order valence-electron chi connectivity index (χ1n) is 10.6. The molecule has 1 aromatic heterocycles. The number of pyridine rings is 1. The summed E-state index contributed by atoms with van der Waals surface area (Å²) in [6, 6.07) is 21.0. The summed E-state index contributed by atoms with van der Waals surface area (Å²) in [4.78, 5) is 30.0. The summed E-state index contributed by atoms with van der Waals surface area (Å²) in [5, 5.41) is 12.4. The number of benzene rings is 2. The van der Waals surface area contributed by atoms with E-state index in [1.807, 2.05) is 42.5 Å². The molecule has 2 heterocycles. The number of aromatic nitrogens is 1. The predicted octanol–water partition coefficient (Wildman–Crippen LogP) is 2.93. The van der Waals surface area contributed by atoms with E-state index < -0.39 is 11.5 Å². The normalized spacial score (nSPS) is 15.0. The van der Waals surface area contributed by atoms with Gasteiger partial charge in [0, 0.05) is 31.9 Å². The third-order valence-corrected chi connectivity index (χ3v) is 5.68. The average Bonchev–Trinajstić information content (AvgIpc) is 2.80. The Morgan fingerprint density at radius 3 is 2.32 bits per heavy atom. The monoisotopic (exact) mass is 417 g/mol. The van der Waals surface area contributed by atoms with Crippen LogP contribution in [0.4, 0.5) is 0 Å². The number of nitrogens with one attached hydrogen (secondary N) is 2. The highest BCUT2D eigenvalue weighted by atomic mass is 16.3. The van der Waals surface area contributed by atoms with Crippen LogP contribution in [0.3, 0.4) is 0 Å². The summed E-state index contributed by atoms with van der Waals surface area (Å²) >= 11 is 0. The summed E-state index contributed by atoms with van der Waals surface area (Å²) in [5.41, 5.74) is 3.46. The number of amides is 1. The van der Waals surface area contributed by atoms with E-state index in [0.717, 1.165) is 43.6 Å². The molecule has 4 rings (SSSR count). The minimum Gasteiger partial charge on any atom is -0.393 e. The largest absolute Gasteiger partial charge is 0.393 e. The zero-order valence-electron chi connectivity index (χ0n) is 17.4. The molecule has 1 aliphatic rings. The third kappa shape index (κ3) is 5.48. The summed E-state index contributed by atoms with van der Waals surface area (Å²) in [6.07, 6.45) is 1.49. The highest BCUT2D eigenvalue weighted by Gasteiger charge is 2.17. The van der Waals surface area contributed by atoms with Gasteiger partial charge in [0.05, 0.1) is 6.10 Å². The van der Waals surface area contributed by atoms with Crippen LogP contribution in [0.1, 0.15) is 34.3 Å². The molecule has 160 valence electrons. The van der Waals surface area contributed by atoms with E-state index in [4.69, 9.17) is 0 Å². The number of rotatable bonds is 6. The maximum atomic E-state index is 12.5. The maximum Gasteiger partial charge on any atom is 0.261 e. The molecule has 1 aliphatic heterocycles. The molecule has 2 aromatic carbocycles. The number of aliphatic hydroxyl groups is 1. The van der Waals surface area contributed by atoms with Crippen molar-refractivity contribution < 1.29 is 9.90 Å². The zero-order valence-corrected chi connectivity index (χ0v) is 17.4. The quantitative estimate of drug-likeness (QED) is 0.576. The van der Waals surface area contributed by atoms with Gasteiger partial charge < -0.3 is 15.4 Å². The Morgan fingerprint density at radius 2 is 1.65 bits per heavy atom. The van der Waals surface area contributed by atoms with Crippen LogP contribution in [0.15, 0.2) is 71.5 Å². The number of hydrogen-bond acceptors (Lipinski definition) is 4. The van der Waals surface area contributed by atoms with Gasteiger partial charge in [-0.3, -0.25) is 14.5 Å². The molecular formula is C25H27N3O3. The Hall–Kier alpha value is -3.22. The van der Waals surface area contributed by atoms with Gasteiger partial charge in [-0.2, -0.15) is 0 Å². The van der Waals surface area contributed by atoms with Gasteiger partial charge in [-0.25, -0.2) is 0 Å². The molecule has 3 aromatic rings. The molecular weight excluding hydrogens is 390 g/mol. The van der Waals surface area contributed by atoms with Crippen LogP contribution in [0.5, 0.6) is 0 Å². The summed E-state index contributed by atoms with van der Waals surface area (Å²) in [5.74, 6) is -0.392. The van der Waals surface area contributed by atoms with Gasteiger partial charge in [-0.05, 0) is 41.7 Å². The number of likely N-dealkylation sites (tertiary alicyclic amines) is 1. The molecule has 31 heavy (non-hydrogen) atoms. The molecule has 1 saturated heterocycles. The number of hydrogen-bond donors (Lipinski definition) is 3. The van der Waals surface area contributed by atoms with Crippen molar-refractivity contribution in [3.05, 3.63) is 93.8 Å². The van der Waals surface area contributed by atoms with Gasteiger partial charge in [-0.1, -0.05) is 54.6 Å². The van der Waals surface area contributed by atoms with Crippen molar-refractivity contribution in [1.29, 1.82) is 0 Å². The maximum absolute atomic E-state index is 12.5. The van der Waals surface area contributed by atoms with Gasteiger partial charge in [0.2, 0.25) is 0 Å². The topological polar surface area (TPSA) is 85.4 Å². The van der Waals surface area contributed by atoms with Crippen molar-refractivity contribution in [2.24, 2.45) is 0 Å². The lowest BCUT2D eigenvalue weighted by atomic mass is 10.1. The molecule has 0 atom stereocenters. The van der Waals surface area contributed by atoms with E-state index >= 15 is 0 Å². The van der Waals surface area contributed by atoms with E-state index in [1.165, 1.54) is 5.56 Å². The second kappa shape index (κ2) is 9.73. The van der Waals surface area contributed by atoms with E-state index in [9.17, 15) is 14.7 Å².